The van der Waals surface area contributed by atoms with Crippen LogP contribution in [0.3, 0.4) is 0 Å². The van der Waals surface area contributed by atoms with Gasteiger partial charge in [0.15, 0.2) is 0 Å². The van der Waals surface area contributed by atoms with Gasteiger partial charge in [-0.2, -0.15) is 5.16 Å². The first-order valence-corrected chi connectivity index (χ1v) is 8.02. The average Bonchev–Trinajstić information content (AvgIpc) is 2.95. The molecule has 0 bridgehead atoms. The van der Waals surface area contributed by atoms with Crippen LogP contribution < -0.4 is 10.9 Å². The third kappa shape index (κ3) is 3.33. The highest BCUT2D eigenvalue weighted by Gasteiger charge is 2.30. The summed E-state index contributed by atoms with van der Waals surface area (Å²) < 4.78 is 5.30. The van der Waals surface area contributed by atoms with Crippen LogP contribution in [-0.2, 0) is 5.41 Å². The average molecular weight is 300 g/mol. The molecular weight excluding hydrogens is 276 g/mol. The van der Waals surface area contributed by atoms with Crippen molar-refractivity contribution in [3.05, 3.63) is 58.1 Å². The van der Waals surface area contributed by atoms with Crippen molar-refractivity contribution >= 4 is 0 Å². The minimum absolute atomic E-state index is 0.125. The van der Waals surface area contributed by atoms with Crippen molar-refractivity contribution in [2.75, 3.05) is 6.54 Å². The fourth-order valence-corrected chi connectivity index (χ4v) is 3.54. The SMILES string of the molecule is CC(C)(C[C@H]1C[C@@H](c2cc(=O)[nH]o2)CCN1)c1ccccc1. The molecule has 1 saturated heterocycles. The highest BCUT2D eigenvalue weighted by atomic mass is 16.5. The quantitative estimate of drug-likeness (QED) is 0.912. The lowest BCUT2D eigenvalue weighted by atomic mass is 9.76. The van der Waals surface area contributed by atoms with Gasteiger partial charge in [-0.05, 0) is 36.8 Å². The van der Waals surface area contributed by atoms with Gasteiger partial charge in [0.2, 0.25) is 0 Å². The second kappa shape index (κ2) is 6.13. The molecule has 2 aromatic rings. The van der Waals surface area contributed by atoms with Crippen molar-refractivity contribution in [2.24, 2.45) is 0 Å². The van der Waals surface area contributed by atoms with Crippen molar-refractivity contribution < 1.29 is 4.52 Å². The molecule has 0 saturated carbocycles. The zero-order chi connectivity index (χ0) is 15.6. The molecular formula is C18H24N2O2. The van der Waals surface area contributed by atoms with E-state index in [0.29, 0.717) is 12.0 Å². The Morgan fingerprint density at radius 3 is 2.73 bits per heavy atom. The molecule has 2 atom stereocenters. The van der Waals surface area contributed by atoms with E-state index in [4.69, 9.17) is 4.52 Å². The van der Waals surface area contributed by atoms with Crippen LogP contribution in [0.1, 0.15) is 50.4 Å². The van der Waals surface area contributed by atoms with Gasteiger partial charge in [0.1, 0.15) is 5.76 Å². The number of nitrogens with one attached hydrogen (secondary N) is 2. The lowest BCUT2D eigenvalue weighted by Gasteiger charge is -2.35. The fourth-order valence-electron chi connectivity index (χ4n) is 3.54. The Bertz CT molecular complexity index is 657. The van der Waals surface area contributed by atoms with E-state index in [9.17, 15) is 4.79 Å². The second-order valence-corrected chi connectivity index (χ2v) is 6.94. The van der Waals surface area contributed by atoms with E-state index in [1.54, 1.807) is 6.07 Å². The van der Waals surface area contributed by atoms with Crippen LogP contribution in [0.15, 0.2) is 45.7 Å². The molecule has 1 fully saturated rings. The molecule has 118 valence electrons. The molecule has 1 aromatic heterocycles. The molecule has 0 unspecified atom stereocenters. The molecule has 2 heterocycles. The van der Waals surface area contributed by atoms with Crippen molar-refractivity contribution in [1.82, 2.24) is 10.5 Å². The maximum Gasteiger partial charge on any atom is 0.280 e. The van der Waals surface area contributed by atoms with Gasteiger partial charge >= 0.3 is 0 Å². The zero-order valence-corrected chi connectivity index (χ0v) is 13.3. The third-order valence-electron chi connectivity index (χ3n) is 4.75. The number of aromatic amines is 1. The number of hydrogen-bond donors (Lipinski definition) is 2. The smallest absolute Gasteiger partial charge is 0.280 e. The molecule has 0 aliphatic carbocycles. The molecule has 2 N–H and O–H groups in total. The van der Waals surface area contributed by atoms with E-state index in [0.717, 1.165) is 31.6 Å². The number of hydrogen-bond acceptors (Lipinski definition) is 3. The van der Waals surface area contributed by atoms with Gasteiger partial charge in [-0.1, -0.05) is 44.2 Å². The van der Waals surface area contributed by atoms with Crippen LogP contribution in [0.4, 0.5) is 0 Å². The zero-order valence-electron chi connectivity index (χ0n) is 13.3. The molecule has 3 rings (SSSR count). The highest BCUT2D eigenvalue weighted by Crippen LogP contribution is 2.34. The first-order chi connectivity index (χ1) is 10.5. The van der Waals surface area contributed by atoms with Crippen LogP contribution in [0, 0.1) is 0 Å². The van der Waals surface area contributed by atoms with Crippen LogP contribution >= 0.6 is 0 Å². The van der Waals surface area contributed by atoms with E-state index in [-0.39, 0.29) is 11.0 Å². The molecule has 0 amide bonds. The summed E-state index contributed by atoms with van der Waals surface area (Å²) in [6.07, 6.45) is 3.10. The number of benzene rings is 1. The Labute approximate surface area is 130 Å². The summed E-state index contributed by atoms with van der Waals surface area (Å²) in [4.78, 5) is 11.3. The fraction of sp³-hybridized carbons (Fsp3) is 0.500. The van der Waals surface area contributed by atoms with E-state index in [2.05, 4.69) is 54.7 Å². The lowest BCUT2D eigenvalue weighted by Crippen LogP contribution is -2.41. The van der Waals surface area contributed by atoms with Gasteiger partial charge < -0.3 is 9.84 Å². The van der Waals surface area contributed by atoms with E-state index >= 15 is 0 Å². The van der Waals surface area contributed by atoms with Crippen LogP contribution in [0.5, 0.6) is 0 Å². The minimum atomic E-state index is -0.144. The number of piperidine rings is 1. The Morgan fingerprint density at radius 2 is 2.05 bits per heavy atom. The van der Waals surface area contributed by atoms with Gasteiger partial charge in [-0.15, -0.1) is 0 Å². The van der Waals surface area contributed by atoms with Crippen LogP contribution in [0.2, 0.25) is 0 Å². The molecule has 4 heteroatoms. The summed E-state index contributed by atoms with van der Waals surface area (Å²) in [7, 11) is 0. The van der Waals surface area contributed by atoms with E-state index in [1.807, 2.05) is 0 Å². The summed E-state index contributed by atoms with van der Waals surface area (Å²) in [5.41, 5.74) is 1.35. The minimum Gasteiger partial charge on any atom is -0.383 e. The monoisotopic (exact) mass is 300 g/mol. The lowest BCUT2D eigenvalue weighted by molar-refractivity contribution is 0.263. The van der Waals surface area contributed by atoms with E-state index in [1.165, 1.54) is 5.56 Å². The van der Waals surface area contributed by atoms with Crippen molar-refractivity contribution in [1.29, 1.82) is 0 Å². The summed E-state index contributed by atoms with van der Waals surface area (Å²) in [5.74, 6) is 1.13. The summed E-state index contributed by atoms with van der Waals surface area (Å²) >= 11 is 0. The van der Waals surface area contributed by atoms with Crippen molar-refractivity contribution in [3.8, 4) is 0 Å². The van der Waals surface area contributed by atoms with Crippen molar-refractivity contribution in [3.63, 3.8) is 0 Å². The summed E-state index contributed by atoms with van der Waals surface area (Å²) in [5, 5.41) is 6.03. The predicted octanol–water partition coefficient (Wildman–Crippen LogP) is 3.17. The maximum atomic E-state index is 11.3. The molecule has 1 aromatic carbocycles. The highest BCUT2D eigenvalue weighted by molar-refractivity contribution is 5.24. The molecule has 0 spiro atoms. The standard InChI is InChI=1S/C18H24N2O2/c1-18(2,14-6-4-3-5-7-14)12-15-10-13(8-9-19-15)16-11-17(21)20-22-16/h3-7,11,13,15,19H,8-10,12H2,1-2H3,(H,20,21)/t13-,15+/m0/s1. The Balaban J connectivity index is 1.69. The molecule has 1 aliphatic heterocycles. The van der Waals surface area contributed by atoms with Gasteiger partial charge in [-0.25, -0.2) is 0 Å². The summed E-state index contributed by atoms with van der Waals surface area (Å²) in [6.45, 7) is 5.56. The Kier molecular flexibility index (Phi) is 4.21. The normalized spacial score (nSPS) is 22.6. The summed E-state index contributed by atoms with van der Waals surface area (Å²) in [6, 6.07) is 12.7. The van der Waals surface area contributed by atoms with Crippen molar-refractivity contribution in [2.45, 2.75) is 50.5 Å². The first-order valence-electron chi connectivity index (χ1n) is 8.02. The predicted molar refractivity (Wildman–Crippen MR) is 87.2 cm³/mol. The maximum absolute atomic E-state index is 11.3. The van der Waals surface area contributed by atoms with Gasteiger partial charge in [0.05, 0.1) is 0 Å². The molecule has 0 radical (unpaired) electrons. The number of rotatable bonds is 4. The third-order valence-corrected chi connectivity index (χ3v) is 4.75. The second-order valence-electron chi connectivity index (χ2n) is 6.94. The topological polar surface area (TPSA) is 58.0 Å². The Hall–Kier alpha value is -1.81. The largest absolute Gasteiger partial charge is 0.383 e. The molecule has 1 aliphatic rings. The first kappa shape index (κ1) is 15.1. The van der Waals surface area contributed by atoms with Crippen LogP contribution in [0.25, 0.3) is 0 Å². The van der Waals surface area contributed by atoms with E-state index < -0.39 is 0 Å². The molecule has 4 nitrogen and oxygen atoms in total. The number of aromatic nitrogens is 1. The van der Waals surface area contributed by atoms with Gasteiger partial charge in [0, 0.05) is 18.0 Å². The number of H-pyrrole nitrogens is 1. The molecule has 22 heavy (non-hydrogen) atoms. The van der Waals surface area contributed by atoms with Gasteiger partial charge in [0.25, 0.3) is 5.56 Å². The van der Waals surface area contributed by atoms with Gasteiger partial charge in [-0.3, -0.25) is 4.79 Å². The Morgan fingerprint density at radius 1 is 1.27 bits per heavy atom. The van der Waals surface area contributed by atoms with Crippen LogP contribution in [-0.4, -0.2) is 17.7 Å².